The summed E-state index contributed by atoms with van der Waals surface area (Å²) in [5.74, 6) is 0.465. The van der Waals surface area contributed by atoms with Gasteiger partial charge in [0.15, 0.2) is 0 Å². The number of benzene rings is 1. The maximum absolute atomic E-state index is 11.8. The van der Waals surface area contributed by atoms with E-state index in [2.05, 4.69) is 25.2 Å². The average molecular weight is 249 g/mol. The van der Waals surface area contributed by atoms with Crippen LogP contribution < -0.4 is 5.32 Å². The number of hydrogen-bond acceptors (Lipinski definition) is 2. The van der Waals surface area contributed by atoms with Crippen molar-refractivity contribution >= 4 is 11.6 Å². The lowest BCUT2D eigenvalue weighted by Crippen LogP contribution is -2.15. The fourth-order valence-electron chi connectivity index (χ4n) is 1.78. The predicted octanol–water partition coefficient (Wildman–Crippen LogP) is 3.57. The number of hydrogen-bond donors (Lipinski definition) is 1. The van der Waals surface area contributed by atoms with Crippen LogP contribution in [-0.4, -0.2) is 19.1 Å². The highest BCUT2D eigenvalue weighted by atomic mass is 16.5. The van der Waals surface area contributed by atoms with Gasteiger partial charge < -0.3 is 10.1 Å². The lowest BCUT2D eigenvalue weighted by molar-refractivity contribution is -0.117. The van der Waals surface area contributed by atoms with Crippen molar-refractivity contribution in [2.45, 2.75) is 39.5 Å². The Balaban J connectivity index is 2.63. The molecule has 0 saturated heterocycles. The molecule has 0 bridgehead atoms. The van der Waals surface area contributed by atoms with Crippen molar-refractivity contribution in [1.82, 2.24) is 0 Å². The van der Waals surface area contributed by atoms with E-state index in [1.807, 2.05) is 25.1 Å². The minimum atomic E-state index is 0.0132. The number of anilines is 1. The first-order valence-electron chi connectivity index (χ1n) is 6.65. The van der Waals surface area contributed by atoms with Crippen LogP contribution in [0.2, 0.25) is 0 Å². The van der Waals surface area contributed by atoms with Gasteiger partial charge in [-0.2, -0.15) is 0 Å². The Morgan fingerprint density at radius 2 is 2.06 bits per heavy atom. The lowest BCUT2D eigenvalue weighted by Gasteiger charge is -2.15. The molecule has 0 radical (unpaired) electrons. The van der Waals surface area contributed by atoms with Crippen LogP contribution in [0.25, 0.3) is 0 Å². The van der Waals surface area contributed by atoms with Gasteiger partial charge in [0.2, 0.25) is 5.91 Å². The summed E-state index contributed by atoms with van der Waals surface area (Å²) in [7, 11) is 0. The minimum absolute atomic E-state index is 0.0132. The van der Waals surface area contributed by atoms with E-state index < -0.39 is 0 Å². The van der Waals surface area contributed by atoms with Gasteiger partial charge in [-0.25, -0.2) is 0 Å². The van der Waals surface area contributed by atoms with E-state index in [1.165, 1.54) is 5.56 Å². The van der Waals surface area contributed by atoms with Crippen molar-refractivity contribution < 1.29 is 9.53 Å². The molecule has 1 N–H and O–H groups in total. The molecular formula is C15H23NO2. The third-order valence-corrected chi connectivity index (χ3v) is 3.06. The number of para-hydroxylation sites is 1. The maximum Gasteiger partial charge on any atom is 0.226 e. The summed E-state index contributed by atoms with van der Waals surface area (Å²) in [6, 6.07) is 7.99. The Morgan fingerprint density at radius 1 is 1.33 bits per heavy atom. The second-order valence-electron chi connectivity index (χ2n) is 4.39. The SMILES string of the molecule is CCOCCC(=O)Nc1ccccc1[C@H](C)CC. The number of carbonyl (C=O) groups is 1. The number of ether oxygens (including phenoxy) is 1. The Bertz CT molecular complexity index is 377. The van der Waals surface area contributed by atoms with Crippen LogP contribution in [0.1, 0.15) is 45.1 Å². The predicted molar refractivity (Wildman–Crippen MR) is 74.9 cm³/mol. The fraction of sp³-hybridized carbons (Fsp3) is 0.533. The summed E-state index contributed by atoms with van der Waals surface area (Å²) in [5, 5.41) is 2.97. The summed E-state index contributed by atoms with van der Waals surface area (Å²) in [6.45, 7) is 7.38. The first kappa shape index (κ1) is 14.7. The van der Waals surface area contributed by atoms with Gasteiger partial charge in [0.05, 0.1) is 13.0 Å². The van der Waals surface area contributed by atoms with Crippen molar-refractivity contribution in [2.24, 2.45) is 0 Å². The standard InChI is InChI=1S/C15H23NO2/c1-4-12(3)13-8-6-7-9-14(13)16-15(17)10-11-18-5-2/h6-9,12H,4-5,10-11H2,1-3H3,(H,16,17)/t12-/m1/s1. The summed E-state index contributed by atoms with van der Waals surface area (Å²) in [6.07, 6.45) is 1.47. The van der Waals surface area contributed by atoms with Crippen molar-refractivity contribution in [3.63, 3.8) is 0 Å². The molecule has 3 heteroatoms. The van der Waals surface area contributed by atoms with Gasteiger partial charge in [0, 0.05) is 12.3 Å². The quantitative estimate of drug-likeness (QED) is 0.750. The van der Waals surface area contributed by atoms with Crippen LogP contribution in [0.3, 0.4) is 0 Å². The number of rotatable bonds is 7. The average Bonchev–Trinajstić information content (AvgIpc) is 2.39. The van der Waals surface area contributed by atoms with Crippen molar-refractivity contribution in [2.75, 3.05) is 18.5 Å². The molecule has 1 rings (SSSR count). The normalized spacial score (nSPS) is 12.2. The highest BCUT2D eigenvalue weighted by Gasteiger charge is 2.10. The molecule has 1 aromatic rings. The number of amides is 1. The summed E-state index contributed by atoms with van der Waals surface area (Å²) in [4.78, 5) is 11.8. The monoisotopic (exact) mass is 249 g/mol. The molecular weight excluding hydrogens is 226 g/mol. The van der Waals surface area contributed by atoms with Gasteiger partial charge in [0.1, 0.15) is 0 Å². The van der Waals surface area contributed by atoms with Gasteiger partial charge in [-0.1, -0.05) is 32.0 Å². The second-order valence-corrected chi connectivity index (χ2v) is 4.39. The van der Waals surface area contributed by atoms with Gasteiger partial charge in [0.25, 0.3) is 0 Å². The van der Waals surface area contributed by atoms with E-state index >= 15 is 0 Å². The van der Waals surface area contributed by atoms with Crippen LogP contribution >= 0.6 is 0 Å². The van der Waals surface area contributed by atoms with Gasteiger partial charge >= 0.3 is 0 Å². The summed E-state index contributed by atoms with van der Waals surface area (Å²) in [5.41, 5.74) is 2.12. The molecule has 0 aliphatic carbocycles. The van der Waals surface area contributed by atoms with Crippen LogP contribution in [0.4, 0.5) is 5.69 Å². The first-order valence-corrected chi connectivity index (χ1v) is 6.65. The molecule has 18 heavy (non-hydrogen) atoms. The molecule has 1 amide bonds. The fourth-order valence-corrected chi connectivity index (χ4v) is 1.78. The van der Waals surface area contributed by atoms with E-state index in [-0.39, 0.29) is 5.91 Å². The molecule has 0 fully saturated rings. The topological polar surface area (TPSA) is 38.3 Å². The molecule has 0 aliphatic heterocycles. The van der Waals surface area contributed by atoms with Crippen LogP contribution in [0.15, 0.2) is 24.3 Å². The molecule has 1 aromatic carbocycles. The molecule has 0 aliphatic rings. The highest BCUT2D eigenvalue weighted by molar-refractivity contribution is 5.91. The lowest BCUT2D eigenvalue weighted by atomic mass is 9.97. The second kappa shape index (κ2) is 7.88. The van der Waals surface area contributed by atoms with E-state index in [0.29, 0.717) is 25.6 Å². The Hall–Kier alpha value is -1.35. The zero-order valence-electron chi connectivity index (χ0n) is 11.5. The molecule has 100 valence electrons. The number of carbonyl (C=O) groups excluding carboxylic acids is 1. The first-order chi connectivity index (χ1) is 8.69. The van der Waals surface area contributed by atoms with E-state index in [1.54, 1.807) is 0 Å². The van der Waals surface area contributed by atoms with Gasteiger partial charge in [-0.3, -0.25) is 4.79 Å². The Morgan fingerprint density at radius 3 is 2.72 bits per heavy atom. The Kier molecular flexibility index (Phi) is 6.44. The van der Waals surface area contributed by atoms with Gasteiger partial charge in [-0.15, -0.1) is 0 Å². The van der Waals surface area contributed by atoms with Crippen LogP contribution in [-0.2, 0) is 9.53 Å². The molecule has 0 aromatic heterocycles. The molecule has 0 heterocycles. The molecule has 1 atom stereocenters. The van der Waals surface area contributed by atoms with Crippen molar-refractivity contribution in [3.05, 3.63) is 29.8 Å². The minimum Gasteiger partial charge on any atom is -0.381 e. The Labute approximate surface area is 110 Å². The van der Waals surface area contributed by atoms with Gasteiger partial charge in [-0.05, 0) is 30.9 Å². The van der Waals surface area contributed by atoms with E-state index in [4.69, 9.17) is 4.74 Å². The van der Waals surface area contributed by atoms with Crippen molar-refractivity contribution in [1.29, 1.82) is 0 Å². The zero-order valence-corrected chi connectivity index (χ0v) is 11.5. The van der Waals surface area contributed by atoms with Crippen LogP contribution in [0, 0.1) is 0 Å². The van der Waals surface area contributed by atoms with Crippen LogP contribution in [0.5, 0.6) is 0 Å². The molecule has 0 spiro atoms. The molecule has 3 nitrogen and oxygen atoms in total. The van der Waals surface area contributed by atoms with E-state index in [9.17, 15) is 4.79 Å². The molecule has 0 unspecified atom stereocenters. The van der Waals surface area contributed by atoms with E-state index in [0.717, 1.165) is 12.1 Å². The third-order valence-electron chi connectivity index (χ3n) is 3.06. The van der Waals surface area contributed by atoms with Crippen molar-refractivity contribution in [3.8, 4) is 0 Å². The zero-order chi connectivity index (χ0) is 13.4. The smallest absolute Gasteiger partial charge is 0.226 e. The highest BCUT2D eigenvalue weighted by Crippen LogP contribution is 2.26. The summed E-state index contributed by atoms with van der Waals surface area (Å²) < 4.78 is 5.18. The molecule has 0 saturated carbocycles. The largest absolute Gasteiger partial charge is 0.381 e. The maximum atomic E-state index is 11.8. The summed E-state index contributed by atoms with van der Waals surface area (Å²) >= 11 is 0. The number of nitrogens with one attached hydrogen (secondary N) is 1. The third kappa shape index (κ3) is 4.49.